The number of hydrogen-bond acceptors (Lipinski definition) is 5. The summed E-state index contributed by atoms with van der Waals surface area (Å²) in [5, 5.41) is 0.938. The average Bonchev–Trinajstić information content (AvgIpc) is 3.04. The van der Waals surface area contributed by atoms with E-state index < -0.39 is 9.84 Å². The Hall–Kier alpha value is -1.86. The van der Waals surface area contributed by atoms with Gasteiger partial charge in [0.05, 0.1) is 17.5 Å². The minimum absolute atomic E-state index is 0.0339. The number of amides is 1. The van der Waals surface area contributed by atoms with Gasteiger partial charge in [-0.25, -0.2) is 8.42 Å². The van der Waals surface area contributed by atoms with Crippen LogP contribution in [0.25, 0.3) is 11.0 Å². The molecular weight excluding hydrogens is 340 g/mol. The van der Waals surface area contributed by atoms with E-state index >= 15 is 0 Å². The molecule has 0 N–H and O–H groups in total. The van der Waals surface area contributed by atoms with Crippen LogP contribution in [-0.4, -0.2) is 67.9 Å². The van der Waals surface area contributed by atoms with Gasteiger partial charge in [-0.1, -0.05) is 11.6 Å². The molecule has 2 aromatic rings. The van der Waals surface area contributed by atoms with E-state index in [1.54, 1.807) is 4.90 Å². The summed E-state index contributed by atoms with van der Waals surface area (Å²) in [7, 11) is -1.19. The Morgan fingerprint density at radius 3 is 2.64 bits per heavy atom. The van der Waals surface area contributed by atoms with E-state index in [0.717, 1.165) is 16.5 Å². The fraction of sp³-hybridized carbons (Fsp3) is 0.500. The lowest BCUT2D eigenvalue weighted by Crippen LogP contribution is -2.59. The van der Waals surface area contributed by atoms with E-state index in [1.165, 1.54) is 0 Å². The maximum Gasteiger partial charge on any atom is 0.290 e. The first-order chi connectivity index (χ1) is 11.8. The number of likely N-dealkylation sites (N-methyl/N-ethyl adjacent to an activating group) is 1. The number of fused-ring (bicyclic) bond motifs is 2. The van der Waals surface area contributed by atoms with E-state index in [1.807, 2.05) is 44.0 Å². The zero-order valence-electron chi connectivity index (χ0n) is 14.7. The van der Waals surface area contributed by atoms with Crippen molar-refractivity contribution in [3.8, 4) is 0 Å². The van der Waals surface area contributed by atoms with Crippen molar-refractivity contribution in [2.75, 3.05) is 31.6 Å². The Bertz CT molecular complexity index is 963. The maximum absolute atomic E-state index is 13.2. The number of benzene rings is 1. The fourth-order valence-corrected chi connectivity index (χ4v) is 6.10. The van der Waals surface area contributed by atoms with Gasteiger partial charge in [0.1, 0.15) is 5.58 Å². The number of sulfone groups is 1. The van der Waals surface area contributed by atoms with Crippen LogP contribution in [0.15, 0.2) is 22.6 Å². The Kier molecular flexibility index (Phi) is 3.70. The van der Waals surface area contributed by atoms with Gasteiger partial charge in [0.2, 0.25) is 0 Å². The van der Waals surface area contributed by atoms with Crippen molar-refractivity contribution in [2.24, 2.45) is 0 Å². The summed E-state index contributed by atoms with van der Waals surface area (Å²) in [6, 6.07) is 5.41. The fourth-order valence-electron chi connectivity index (χ4n) is 4.05. The van der Waals surface area contributed by atoms with Gasteiger partial charge in [0.15, 0.2) is 15.6 Å². The van der Waals surface area contributed by atoms with Crippen molar-refractivity contribution >= 4 is 26.7 Å². The summed E-state index contributed by atoms with van der Waals surface area (Å²) in [6.45, 7) is 5.07. The standard InChI is InChI=1S/C18H22N2O4S/c1-11-4-5-16-13(8-11)12(2)17(24-16)18(21)20-7-6-19(3)14-9-25(22,23)10-15(14)20/h4-5,8,14-15H,6-7,9-10H2,1-3H3/t14-,15+/m0/s1. The van der Waals surface area contributed by atoms with Crippen molar-refractivity contribution in [3.05, 3.63) is 35.1 Å². The molecule has 1 amide bonds. The van der Waals surface area contributed by atoms with Gasteiger partial charge in [-0.3, -0.25) is 9.69 Å². The highest BCUT2D eigenvalue weighted by atomic mass is 32.2. The molecule has 134 valence electrons. The number of aryl methyl sites for hydroxylation is 2. The predicted octanol–water partition coefficient (Wildman–Crippen LogP) is 1.60. The van der Waals surface area contributed by atoms with E-state index in [2.05, 4.69) is 0 Å². The molecule has 1 aromatic carbocycles. The van der Waals surface area contributed by atoms with Crippen molar-refractivity contribution in [3.63, 3.8) is 0 Å². The van der Waals surface area contributed by atoms with Crippen LogP contribution in [-0.2, 0) is 9.84 Å². The first kappa shape index (κ1) is 16.6. The minimum Gasteiger partial charge on any atom is -0.451 e. The van der Waals surface area contributed by atoms with Crippen molar-refractivity contribution in [1.82, 2.24) is 9.80 Å². The molecule has 0 radical (unpaired) electrons. The smallest absolute Gasteiger partial charge is 0.290 e. The van der Waals surface area contributed by atoms with E-state index in [0.29, 0.717) is 24.4 Å². The largest absolute Gasteiger partial charge is 0.451 e. The Labute approximate surface area is 147 Å². The Balaban J connectivity index is 1.72. The molecule has 4 rings (SSSR count). The molecule has 0 bridgehead atoms. The summed E-state index contributed by atoms with van der Waals surface area (Å²) < 4.78 is 30.1. The second-order valence-electron chi connectivity index (χ2n) is 7.25. The third-order valence-electron chi connectivity index (χ3n) is 5.50. The summed E-state index contributed by atoms with van der Waals surface area (Å²) >= 11 is 0. The number of carbonyl (C=O) groups excluding carboxylic acids is 1. The SMILES string of the molecule is Cc1ccc2oc(C(=O)N3CCN(C)[C@H]4CS(=O)(=O)C[C@H]43)c(C)c2c1. The van der Waals surface area contributed by atoms with Crippen molar-refractivity contribution in [1.29, 1.82) is 0 Å². The van der Waals surface area contributed by atoms with E-state index in [4.69, 9.17) is 4.42 Å². The first-order valence-electron chi connectivity index (χ1n) is 8.48. The Morgan fingerprint density at radius 2 is 1.88 bits per heavy atom. The molecule has 0 unspecified atom stereocenters. The third kappa shape index (κ3) is 2.66. The molecule has 7 heteroatoms. The molecule has 0 aliphatic carbocycles. The lowest BCUT2D eigenvalue weighted by atomic mass is 10.0. The number of nitrogens with zero attached hydrogens (tertiary/aromatic N) is 2. The van der Waals surface area contributed by atoms with Crippen LogP contribution in [0.2, 0.25) is 0 Å². The number of piperazine rings is 1. The van der Waals surface area contributed by atoms with E-state index in [-0.39, 0.29) is 29.5 Å². The van der Waals surface area contributed by atoms with Gasteiger partial charge in [0, 0.05) is 30.1 Å². The molecule has 25 heavy (non-hydrogen) atoms. The zero-order chi connectivity index (χ0) is 17.9. The molecular formula is C18H22N2O4S. The normalized spacial score (nSPS) is 26.1. The molecule has 6 nitrogen and oxygen atoms in total. The summed E-state index contributed by atoms with van der Waals surface area (Å²) in [5.41, 5.74) is 2.62. The highest BCUT2D eigenvalue weighted by molar-refractivity contribution is 7.91. The van der Waals surface area contributed by atoms with Crippen LogP contribution in [0.5, 0.6) is 0 Å². The van der Waals surface area contributed by atoms with Crippen LogP contribution in [0.3, 0.4) is 0 Å². The van der Waals surface area contributed by atoms with Crippen LogP contribution >= 0.6 is 0 Å². The highest BCUT2D eigenvalue weighted by Gasteiger charge is 2.47. The summed E-state index contributed by atoms with van der Waals surface area (Å²) in [5.74, 6) is 0.280. The first-order valence-corrected chi connectivity index (χ1v) is 10.3. The number of furan rings is 1. The second kappa shape index (κ2) is 5.57. The van der Waals surface area contributed by atoms with E-state index in [9.17, 15) is 13.2 Å². The second-order valence-corrected chi connectivity index (χ2v) is 9.40. The van der Waals surface area contributed by atoms with Crippen molar-refractivity contribution in [2.45, 2.75) is 25.9 Å². The molecule has 0 saturated carbocycles. The molecule has 2 fully saturated rings. The molecule has 2 saturated heterocycles. The van der Waals surface area contributed by atoms with Gasteiger partial charge in [0.25, 0.3) is 5.91 Å². The van der Waals surface area contributed by atoms with Gasteiger partial charge in [-0.2, -0.15) is 0 Å². The quantitative estimate of drug-likeness (QED) is 0.771. The zero-order valence-corrected chi connectivity index (χ0v) is 15.5. The third-order valence-corrected chi connectivity index (χ3v) is 7.20. The minimum atomic E-state index is -3.12. The van der Waals surface area contributed by atoms with Crippen LogP contribution < -0.4 is 0 Å². The lowest BCUT2D eigenvalue weighted by molar-refractivity contribution is 0.0383. The van der Waals surface area contributed by atoms with Gasteiger partial charge in [-0.05, 0) is 33.0 Å². The molecule has 0 spiro atoms. The Morgan fingerprint density at radius 1 is 1.16 bits per heavy atom. The molecule has 2 atom stereocenters. The number of rotatable bonds is 1. The van der Waals surface area contributed by atoms with Crippen LogP contribution in [0.4, 0.5) is 0 Å². The summed E-state index contributed by atoms with van der Waals surface area (Å²) in [6.07, 6.45) is 0. The highest BCUT2D eigenvalue weighted by Crippen LogP contribution is 2.31. The summed E-state index contributed by atoms with van der Waals surface area (Å²) in [4.78, 5) is 16.9. The number of carbonyl (C=O) groups is 1. The average molecular weight is 362 g/mol. The predicted molar refractivity (Wildman–Crippen MR) is 95.6 cm³/mol. The molecule has 1 aromatic heterocycles. The number of hydrogen-bond donors (Lipinski definition) is 0. The molecule has 2 aliphatic heterocycles. The molecule has 3 heterocycles. The van der Waals surface area contributed by atoms with Crippen LogP contribution in [0.1, 0.15) is 21.7 Å². The maximum atomic E-state index is 13.2. The van der Waals surface area contributed by atoms with Gasteiger partial charge >= 0.3 is 0 Å². The lowest BCUT2D eigenvalue weighted by Gasteiger charge is -2.41. The monoisotopic (exact) mass is 362 g/mol. The molecule has 2 aliphatic rings. The van der Waals surface area contributed by atoms with Gasteiger partial charge in [-0.15, -0.1) is 0 Å². The van der Waals surface area contributed by atoms with Gasteiger partial charge < -0.3 is 9.32 Å². The topological polar surface area (TPSA) is 70.8 Å². The van der Waals surface area contributed by atoms with Crippen molar-refractivity contribution < 1.29 is 17.6 Å². The van der Waals surface area contributed by atoms with Crippen LogP contribution in [0, 0.1) is 13.8 Å².